The molecule has 2 aromatic heterocycles. The zero-order chi connectivity index (χ0) is 25.3. The molecule has 5 rings (SSSR count). The first-order valence-electron chi connectivity index (χ1n) is 11.7. The molecule has 2 N–H and O–H groups in total. The van der Waals surface area contributed by atoms with Gasteiger partial charge >= 0.3 is 6.03 Å². The van der Waals surface area contributed by atoms with Crippen LogP contribution >= 0.6 is 0 Å². The number of benzene rings is 1. The third-order valence-corrected chi connectivity index (χ3v) is 6.51. The first kappa shape index (κ1) is 24.1. The van der Waals surface area contributed by atoms with Gasteiger partial charge in [0.1, 0.15) is 0 Å². The van der Waals surface area contributed by atoms with Gasteiger partial charge in [0, 0.05) is 20.6 Å². The summed E-state index contributed by atoms with van der Waals surface area (Å²) in [7, 11) is 3.73. The van der Waals surface area contributed by atoms with E-state index in [4.69, 9.17) is 10.8 Å². The van der Waals surface area contributed by atoms with Crippen molar-refractivity contribution in [1.82, 2.24) is 24.2 Å². The second-order valence-corrected chi connectivity index (χ2v) is 9.00. The van der Waals surface area contributed by atoms with Gasteiger partial charge in [-0.2, -0.15) is 5.10 Å². The monoisotopic (exact) mass is 471 g/mol. The third kappa shape index (κ3) is 4.39. The first-order valence-corrected chi connectivity index (χ1v) is 11.7. The van der Waals surface area contributed by atoms with Gasteiger partial charge in [0.25, 0.3) is 0 Å². The molecule has 0 radical (unpaired) electrons. The summed E-state index contributed by atoms with van der Waals surface area (Å²) in [6.45, 7) is 13.4. The number of urea groups is 1. The van der Waals surface area contributed by atoms with E-state index in [1.807, 2.05) is 28.6 Å². The van der Waals surface area contributed by atoms with Crippen LogP contribution in [0.4, 0.5) is 10.6 Å². The molecule has 1 saturated carbocycles. The minimum atomic E-state index is -0.0890. The van der Waals surface area contributed by atoms with E-state index in [0.29, 0.717) is 30.5 Å². The number of rotatable bonds is 6. The molecule has 0 unspecified atom stereocenters. The Morgan fingerprint density at radius 2 is 2.00 bits per heavy atom. The molecular weight excluding hydrogens is 438 g/mol. The average Bonchev–Trinajstić information content (AvgIpc) is 3.47. The van der Waals surface area contributed by atoms with E-state index < -0.39 is 0 Å². The Labute approximate surface area is 206 Å². The van der Waals surface area contributed by atoms with Crippen LogP contribution in [0.2, 0.25) is 0 Å². The first-order chi connectivity index (χ1) is 16.9. The maximum absolute atomic E-state index is 13.2. The molecule has 8 nitrogen and oxygen atoms in total. The van der Waals surface area contributed by atoms with Crippen LogP contribution in [0.15, 0.2) is 62.7 Å². The van der Waals surface area contributed by atoms with Crippen molar-refractivity contribution in [3.63, 3.8) is 0 Å². The summed E-state index contributed by atoms with van der Waals surface area (Å²) < 4.78 is 3.89. The van der Waals surface area contributed by atoms with E-state index in [2.05, 4.69) is 49.8 Å². The molecule has 3 aromatic rings. The molecule has 1 aromatic carbocycles. The molecule has 1 aliphatic carbocycles. The molecule has 2 aliphatic rings. The van der Waals surface area contributed by atoms with Crippen molar-refractivity contribution in [3.8, 4) is 11.4 Å². The predicted molar refractivity (Wildman–Crippen MR) is 141 cm³/mol. The van der Waals surface area contributed by atoms with Gasteiger partial charge in [-0.3, -0.25) is 14.5 Å². The molecule has 0 spiro atoms. The Morgan fingerprint density at radius 3 is 2.60 bits per heavy atom. The maximum Gasteiger partial charge on any atom is 0.329 e. The van der Waals surface area contributed by atoms with Crippen LogP contribution in [0.25, 0.3) is 22.7 Å². The summed E-state index contributed by atoms with van der Waals surface area (Å²) in [5.41, 5.74) is 12.5. The van der Waals surface area contributed by atoms with Crippen molar-refractivity contribution in [1.29, 1.82) is 0 Å². The second kappa shape index (κ2) is 9.66. The van der Waals surface area contributed by atoms with Crippen LogP contribution < -0.4 is 10.6 Å². The number of amides is 2. The number of imidazole rings is 1. The fraction of sp³-hybridized carbons (Fsp3) is 0.296. The number of hydrogen-bond acceptors (Lipinski definition) is 4. The van der Waals surface area contributed by atoms with Crippen molar-refractivity contribution in [2.24, 2.45) is 18.7 Å². The number of carbonyl (C=O) groups excluding carboxylic acids is 1. The number of nitrogens with two attached hydrogens (primary N) is 1. The normalized spacial score (nSPS) is 15.7. The van der Waals surface area contributed by atoms with Gasteiger partial charge in [0.2, 0.25) is 0 Å². The summed E-state index contributed by atoms with van der Waals surface area (Å²) >= 11 is 0. The van der Waals surface area contributed by atoms with Crippen LogP contribution in [0.1, 0.15) is 29.5 Å². The molecule has 0 bridgehead atoms. The Hall–Kier alpha value is -4.07. The van der Waals surface area contributed by atoms with Crippen LogP contribution in [-0.4, -0.2) is 43.9 Å². The molecule has 1 fully saturated rings. The highest BCUT2D eigenvalue weighted by Crippen LogP contribution is 2.43. The van der Waals surface area contributed by atoms with E-state index in [1.54, 1.807) is 29.4 Å². The lowest BCUT2D eigenvalue weighted by Crippen LogP contribution is -2.45. The lowest BCUT2D eigenvalue weighted by Gasteiger charge is -2.33. The highest BCUT2D eigenvalue weighted by Gasteiger charge is 2.40. The maximum atomic E-state index is 13.2. The van der Waals surface area contributed by atoms with E-state index in [1.165, 1.54) is 0 Å². The smallest absolute Gasteiger partial charge is 0.329 e. The summed E-state index contributed by atoms with van der Waals surface area (Å²) in [5, 5.41) is 4.98. The molecular formula is C27H33N7O. The standard InChI is InChI=1S/C25H29N7O.C2H4/c1-16-6-5-7-19(10-16)20(11-26)14-32-23(21-12-27-15-29(21)3)22-17(2)30(4)25(33)31(24(22)28-32)13-18-8-9-18;1-2/h5-7,10-12,15,18H,2,8-9,13-14,26H2,1,3-4H3;1-2H2/b20-11-;. The highest BCUT2D eigenvalue weighted by molar-refractivity contribution is 6.05. The van der Waals surface area contributed by atoms with Crippen LogP contribution in [0, 0.1) is 12.8 Å². The SMILES string of the molecule is C=C.C=C1c2c(nn(C/C(=C/N)c3cccc(C)c3)c2-c2cncn2C)N(CC2CC2)C(=O)N1C. The quantitative estimate of drug-likeness (QED) is 0.531. The number of aromatic nitrogens is 4. The Balaban J connectivity index is 0.00000141. The highest BCUT2D eigenvalue weighted by atomic mass is 16.2. The summed E-state index contributed by atoms with van der Waals surface area (Å²) in [6.07, 6.45) is 7.51. The molecule has 35 heavy (non-hydrogen) atoms. The predicted octanol–water partition coefficient (Wildman–Crippen LogP) is 4.65. The summed E-state index contributed by atoms with van der Waals surface area (Å²) in [4.78, 5) is 20.9. The number of fused-ring (bicyclic) bond motifs is 1. The lowest BCUT2D eigenvalue weighted by atomic mass is 10.0. The number of carbonyl (C=O) groups is 1. The van der Waals surface area contributed by atoms with Crippen molar-refractivity contribution in [2.75, 3.05) is 18.5 Å². The van der Waals surface area contributed by atoms with Crippen LogP contribution in [-0.2, 0) is 13.6 Å². The Bertz CT molecular complexity index is 1290. The van der Waals surface area contributed by atoms with Crippen LogP contribution in [0.3, 0.4) is 0 Å². The van der Waals surface area contributed by atoms with Crippen molar-refractivity contribution in [3.05, 3.63) is 79.4 Å². The van der Waals surface area contributed by atoms with Gasteiger partial charge in [-0.1, -0.05) is 36.4 Å². The van der Waals surface area contributed by atoms with Gasteiger partial charge in [-0.25, -0.2) is 9.78 Å². The molecule has 182 valence electrons. The zero-order valence-electron chi connectivity index (χ0n) is 20.7. The number of aryl methyl sites for hydroxylation is 2. The fourth-order valence-electron chi connectivity index (χ4n) is 4.39. The van der Waals surface area contributed by atoms with Gasteiger partial charge in [-0.15, -0.1) is 13.2 Å². The number of anilines is 1. The summed E-state index contributed by atoms with van der Waals surface area (Å²) in [5.74, 6) is 1.19. The number of nitrogens with zero attached hydrogens (tertiary/aromatic N) is 6. The molecule has 8 heteroatoms. The number of hydrogen-bond donors (Lipinski definition) is 1. The molecule has 1 aliphatic heterocycles. The molecule has 3 heterocycles. The topological polar surface area (TPSA) is 85.2 Å². The van der Waals surface area contributed by atoms with Gasteiger partial charge in [0.15, 0.2) is 5.82 Å². The second-order valence-electron chi connectivity index (χ2n) is 9.00. The average molecular weight is 472 g/mol. The molecule has 0 saturated heterocycles. The fourth-order valence-corrected chi connectivity index (χ4v) is 4.39. The van der Waals surface area contributed by atoms with Gasteiger partial charge in [0.05, 0.1) is 41.7 Å². The molecule has 2 amide bonds. The molecule has 0 atom stereocenters. The third-order valence-electron chi connectivity index (χ3n) is 6.51. The largest absolute Gasteiger partial charge is 0.404 e. The van der Waals surface area contributed by atoms with Gasteiger partial charge < -0.3 is 10.3 Å². The minimum Gasteiger partial charge on any atom is -0.404 e. The minimum absolute atomic E-state index is 0.0890. The Kier molecular flexibility index (Phi) is 6.64. The van der Waals surface area contributed by atoms with Crippen molar-refractivity contribution in [2.45, 2.75) is 26.3 Å². The lowest BCUT2D eigenvalue weighted by molar-refractivity contribution is 0.229. The van der Waals surface area contributed by atoms with E-state index >= 15 is 0 Å². The van der Waals surface area contributed by atoms with Gasteiger partial charge in [-0.05, 0) is 43.0 Å². The van der Waals surface area contributed by atoms with Crippen LogP contribution in [0.5, 0.6) is 0 Å². The van der Waals surface area contributed by atoms with E-state index in [0.717, 1.165) is 46.5 Å². The Morgan fingerprint density at radius 1 is 1.26 bits per heavy atom. The van der Waals surface area contributed by atoms with Crippen molar-refractivity contribution >= 4 is 23.1 Å². The van der Waals surface area contributed by atoms with E-state index in [-0.39, 0.29) is 6.03 Å². The zero-order valence-corrected chi connectivity index (χ0v) is 20.7. The number of allylic oxidation sites excluding steroid dienone is 1. The van der Waals surface area contributed by atoms with E-state index in [9.17, 15) is 4.79 Å². The van der Waals surface area contributed by atoms with Crippen molar-refractivity contribution < 1.29 is 4.79 Å². The summed E-state index contributed by atoms with van der Waals surface area (Å²) in [6, 6.07) is 8.16.